The molecule has 0 saturated heterocycles. The van der Waals surface area contributed by atoms with Crippen molar-refractivity contribution in [2.24, 2.45) is 0 Å². The predicted octanol–water partition coefficient (Wildman–Crippen LogP) is 3.28. The van der Waals surface area contributed by atoms with Gasteiger partial charge < -0.3 is 10.3 Å². The van der Waals surface area contributed by atoms with Gasteiger partial charge in [0.25, 0.3) is 0 Å². The SMILES string of the molecule is CCc1ccc(-c2cn(C(C)C)c(N)n2)cc1. The number of rotatable bonds is 3. The van der Waals surface area contributed by atoms with Crippen molar-refractivity contribution in [1.29, 1.82) is 0 Å². The van der Waals surface area contributed by atoms with E-state index in [1.807, 2.05) is 10.8 Å². The second-order valence-electron chi connectivity index (χ2n) is 4.54. The van der Waals surface area contributed by atoms with Crippen LogP contribution in [0.15, 0.2) is 30.5 Å². The summed E-state index contributed by atoms with van der Waals surface area (Å²) in [6.45, 7) is 6.35. The summed E-state index contributed by atoms with van der Waals surface area (Å²) in [6, 6.07) is 8.82. The zero-order chi connectivity index (χ0) is 12.4. The molecule has 3 heteroatoms. The average molecular weight is 229 g/mol. The van der Waals surface area contributed by atoms with Gasteiger partial charge in [-0.3, -0.25) is 0 Å². The summed E-state index contributed by atoms with van der Waals surface area (Å²) in [7, 11) is 0. The van der Waals surface area contributed by atoms with Crippen LogP contribution >= 0.6 is 0 Å². The molecule has 2 aromatic rings. The Morgan fingerprint density at radius 3 is 2.35 bits per heavy atom. The van der Waals surface area contributed by atoms with Crippen molar-refractivity contribution in [1.82, 2.24) is 9.55 Å². The molecule has 90 valence electrons. The molecule has 1 aromatic carbocycles. The van der Waals surface area contributed by atoms with E-state index in [1.54, 1.807) is 0 Å². The molecule has 0 aliphatic carbocycles. The Bertz CT molecular complexity index is 495. The first kappa shape index (κ1) is 11.7. The number of aromatic nitrogens is 2. The van der Waals surface area contributed by atoms with E-state index >= 15 is 0 Å². The highest BCUT2D eigenvalue weighted by Gasteiger charge is 2.08. The van der Waals surface area contributed by atoms with Gasteiger partial charge in [0.15, 0.2) is 0 Å². The number of hydrogen-bond acceptors (Lipinski definition) is 2. The highest BCUT2D eigenvalue weighted by atomic mass is 15.2. The molecule has 0 aliphatic heterocycles. The highest BCUT2D eigenvalue weighted by molar-refractivity contribution is 5.60. The molecular formula is C14H19N3. The number of hydrogen-bond donors (Lipinski definition) is 1. The smallest absolute Gasteiger partial charge is 0.200 e. The molecule has 3 nitrogen and oxygen atoms in total. The van der Waals surface area contributed by atoms with Gasteiger partial charge in [-0.15, -0.1) is 0 Å². The minimum absolute atomic E-state index is 0.339. The van der Waals surface area contributed by atoms with E-state index in [2.05, 4.69) is 50.0 Å². The van der Waals surface area contributed by atoms with Gasteiger partial charge in [0.1, 0.15) is 0 Å². The Balaban J connectivity index is 2.36. The van der Waals surface area contributed by atoms with Crippen LogP contribution in [0.3, 0.4) is 0 Å². The minimum Gasteiger partial charge on any atom is -0.369 e. The van der Waals surface area contributed by atoms with Crippen molar-refractivity contribution in [2.45, 2.75) is 33.2 Å². The van der Waals surface area contributed by atoms with Gasteiger partial charge in [-0.2, -0.15) is 0 Å². The van der Waals surface area contributed by atoms with E-state index in [0.717, 1.165) is 17.7 Å². The van der Waals surface area contributed by atoms with E-state index in [9.17, 15) is 0 Å². The van der Waals surface area contributed by atoms with Crippen molar-refractivity contribution in [3.8, 4) is 11.3 Å². The van der Waals surface area contributed by atoms with Gasteiger partial charge in [-0.1, -0.05) is 31.2 Å². The summed E-state index contributed by atoms with van der Waals surface area (Å²) >= 11 is 0. The van der Waals surface area contributed by atoms with Gasteiger partial charge in [-0.05, 0) is 25.8 Å². The number of nitrogen functional groups attached to an aromatic ring is 1. The summed E-state index contributed by atoms with van der Waals surface area (Å²) in [5.74, 6) is 0.578. The molecule has 0 fully saturated rings. The molecule has 0 spiro atoms. The maximum atomic E-state index is 5.89. The molecule has 0 bridgehead atoms. The maximum absolute atomic E-state index is 5.89. The third kappa shape index (κ3) is 2.33. The van der Waals surface area contributed by atoms with E-state index < -0.39 is 0 Å². The van der Waals surface area contributed by atoms with Crippen LogP contribution in [0.25, 0.3) is 11.3 Å². The first-order valence-corrected chi connectivity index (χ1v) is 6.05. The standard InChI is InChI=1S/C14H19N3/c1-4-11-5-7-12(8-6-11)13-9-17(10(2)3)14(15)16-13/h5-10H,4H2,1-3H3,(H2,15,16). The highest BCUT2D eigenvalue weighted by Crippen LogP contribution is 2.22. The molecule has 1 aromatic heterocycles. The Morgan fingerprint density at radius 2 is 1.88 bits per heavy atom. The number of aryl methyl sites for hydroxylation is 1. The Kier molecular flexibility index (Phi) is 3.18. The molecule has 17 heavy (non-hydrogen) atoms. The molecule has 0 amide bonds. The molecule has 2 N–H and O–H groups in total. The summed E-state index contributed by atoms with van der Waals surface area (Å²) < 4.78 is 1.99. The van der Waals surface area contributed by atoms with Crippen LogP contribution in [0.2, 0.25) is 0 Å². The average Bonchev–Trinajstić information content (AvgIpc) is 2.71. The topological polar surface area (TPSA) is 43.8 Å². The number of nitrogens with zero attached hydrogens (tertiary/aromatic N) is 2. The van der Waals surface area contributed by atoms with Gasteiger partial charge >= 0.3 is 0 Å². The number of nitrogens with two attached hydrogens (primary N) is 1. The van der Waals surface area contributed by atoms with Crippen molar-refractivity contribution >= 4 is 5.95 Å². The fourth-order valence-corrected chi connectivity index (χ4v) is 1.87. The van der Waals surface area contributed by atoms with Gasteiger partial charge in [0.2, 0.25) is 5.95 Å². The molecule has 0 unspecified atom stereocenters. The fraction of sp³-hybridized carbons (Fsp3) is 0.357. The van der Waals surface area contributed by atoms with Crippen molar-refractivity contribution in [2.75, 3.05) is 5.73 Å². The summed E-state index contributed by atoms with van der Waals surface area (Å²) in [5.41, 5.74) is 9.29. The third-order valence-corrected chi connectivity index (χ3v) is 2.98. The minimum atomic E-state index is 0.339. The van der Waals surface area contributed by atoms with Crippen LogP contribution in [0, 0.1) is 0 Å². The lowest BCUT2D eigenvalue weighted by Crippen LogP contribution is -2.03. The predicted molar refractivity (Wildman–Crippen MR) is 71.8 cm³/mol. The summed E-state index contributed by atoms with van der Waals surface area (Å²) in [5, 5.41) is 0. The molecule has 0 atom stereocenters. The van der Waals surface area contributed by atoms with Crippen molar-refractivity contribution in [3.63, 3.8) is 0 Å². The molecular weight excluding hydrogens is 210 g/mol. The second kappa shape index (κ2) is 4.62. The summed E-state index contributed by atoms with van der Waals surface area (Å²) in [4.78, 5) is 4.40. The van der Waals surface area contributed by atoms with Crippen LogP contribution in [0.5, 0.6) is 0 Å². The molecule has 2 rings (SSSR count). The van der Waals surface area contributed by atoms with E-state index in [1.165, 1.54) is 5.56 Å². The number of benzene rings is 1. The number of anilines is 1. The zero-order valence-electron chi connectivity index (χ0n) is 10.6. The lowest BCUT2D eigenvalue weighted by atomic mass is 10.1. The lowest BCUT2D eigenvalue weighted by molar-refractivity contribution is 0.609. The van der Waals surface area contributed by atoms with Crippen LogP contribution in [0.1, 0.15) is 32.4 Å². The number of imidazole rings is 1. The molecule has 1 heterocycles. The van der Waals surface area contributed by atoms with Crippen LogP contribution < -0.4 is 5.73 Å². The summed E-state index contributed by atoms with van der Waals surface area (Å²) in [6.07, 6.45) is 3.07. The van der Waals surface area contributed by atoms with Crippen LogP contribution in [0.4, 0.5) is 5.95 Å². The first-order chi connectivity index (χ1) is 8.11. The third-order valence-electron chi connectivity index (χ3n) is 2.98. The second-order valence-corrected chi connectivity index (χ2v) is 4.54. The van der Waals surface area contributed by atoms with E-state index in [4.69, 9.17) is 5.73 Å². The maximum Gasteiger partial charge on any atom is 0.200 e. The van der Waals surface area contributed by atoms with E-state index in [-0.39, 0.29) is 0 Å². The Morgan fingerprint density at radius 1 is 1.24 bits per heavy atom. The van der Waals surface area contributed by atoms with E-state index in [0.29, 0.717) is 12.0 Å². The zero-order valence-corrected chi connectivity index (χ0v) is 10.6. The van der Waals surface area contributed by atoms with Gasteiger partial charge in [0, 0.05) is 17.8 Å². The first-order valence-electron chi connectivity index (χ1n) is 6.05. The normalized spacial score (nSPS) is 11.1. The lowest BCUT2D eigenvalue weighted by Gasteiger charge is -2.06. The Hall–Kier alpha value is -1.77. The monoisotopic (exact) mass is 229 g/mol. The quantitative estimate of drug-likeness (QED) is 0.877. The Labute approximate surface area is 102 Å². The largest absolute Gasteiger partial charge is 0.369 e. The van der Waals surface area contributed by atoms with Gasteiger partial charge in [0.05, 0.1) is 5.69 Å². The molecule has 0 aliphatic rings. The van der Waals surface area contributed by atoms with Gasteiger partial charge in [-0.25, -0.2) is 4.98 Å². The van der Waals surface area contributed by atoms with Crippen LogP contribution in [-0.4, -0.2) is 9.55 Å². The van der Waals surface area contributed by atoms with Crippen molar-refractivity contribution < 1.29 is 0 Å². The molecule has 0 saturated carbocycles. The fourth-order valence-electron chi connectivity index (χ4n) is 1.87. The molecule has 0 radical (unpaired) electrons. The van der Waals surface area contributed by atoms with Crippen LogP contribution in [-0.2, 0) is 6.42 Å². The van der Waals surface area contributed by atoms with Crippen molar-refractivity contribution in [3.05, 3.63) is 36.0 Å².